The summed E-state index contributed by atoms with van der Waals surface area (Å²) in [6.07, 6.45) is 1.69. The number of hydrogen-bond donors (Lipinski definition) is 1. The third-order valence-corrected chi connectivity index (χ3v) is 2.92. The summed E-state index contributed by atoms with van der Waals surface area (Å²) in [5, 5.41) is 7.07. The molecule has 1 saturated heterocycles. The van der Waals surface area contributed by atoms with E-state index in [9.17, 15) is 0 Å². The Morgan fingerprint density at radius 3 is 3.00 bits per heavy atom. The predicted octanol–water partition coefficient (Wildman–Crippen LogP) is 0.0116. The first kappa shape index (κ1) is 11.6. The third-order valence-electron chi connectivity index (χ3n) is 2.92. The Morgan fingerprint density at radius 1 is 1.50 bits per heavy atom. The highest BCUT2D eigenvalue weighted by atomic mass is 16.5. The summed E-state index contributed by atoms with van der Waals surface area (Å²) in [6, 6.07) is 1.92. The number of hydrogen-bond acceptors (Lipinski definition) is 5. The molecule has 90 valence electrons. The van der Waals surface area contributed by atoms with Gasteiger partial charge in [0, 0.05) is 45.3 Å². The maximum absolute atomic E-state index is 5.08. The fourth-order valence-electron chi connectivity index (χ4n) is 1.92. The van der Waals surface area contributed by atoms with Gasteiger partial charge in [0.15, 0.2) is 5.76 Å². The molecule has 1 aliphatic heterocycles. The van der Waals surface area contributed by atoms with E-state index in [1.165, 1.54) is 0 Å². The molecule has 1 aliphatic rings. The first-order valence-corrected chi connectivity index (χ1v) is 5.86. The minimum absolute atomic E-state index is 0.839. The van der Waals surface area contributed by atoms with Crippen molar-refractivity contribution in [3.8, 4) is 0 Å². The van der Waals surface area contributed by atoms with Crippen LogP contribution < -0.4 is 5.32 Å². The Balaban J connectivity index is 1.65. The normalized spacial score (nSPS) is 18.1. The Hall–Kier alpha value is -0.910. The molecule has 0 atom stereocenters. The molecule has 5 nitrogen and oxygen atoms in total. The summed E-state index contributed by atoms with van der Waals surface area (Å²) in [4.78, 5) is 4.76. The van der Waals surface area contributed by atoms with E-state index >= 15 is 0 Å². The first-order chi connectivity index (χ1) is 7.84. The highest BCUT2D eigenvalue weighted by Gasteiger charge is 2.10. The maximum atomic E-state index is 5.08. The minimum atomic E-state index is 0.839. The third kappa shape index (κ3) is 3.59. The first-order valence-electron chi connectivity index (χ1n) is 5.86. The lowest BCUT2D eigenvalue weighted by Gasteiger charge is -2.28. The number of piperazine rings is 1. The largest absolute Gasteiger partial charge is 0.360 e. The molecule has 1 N–H and O–H groups in total. The van der Waals surface area contributed by atoms with Crippen molar-refractivity contribution in [1.82, 2.24) is 20.3 Å². The monoisotopic (exact) mass is 224 g/mol. The van der Waals surface area contributed by atoms with Crippen molar-refractivity contribution in [3.63, 3.8) is 0 Å². The van der Waals surface area contributed by atoms with Crippen LogP contribution in [-0.4, -0.2) is 61.3 Å². The molecule has 0 amide bonds. The zero-order chi connectivity index (χ0) is 11.2. The van der Waals surface area contributed by atoms with Crippen molar-refractivity contribution in [2.24, 2.45) is 0 Å². The van der Waals surface area contributed by atoms with Gasteiger partial charge in [0.25, 0.3) is 0 Å². The average Bonchev–Trinajstić information content (AvgIpc) is 2.81. The predicted molar refractivity (Wildman–Crippen MR) is 62.1 cm³/mol. The van der Waals surface area contributed by atoms with Crippen molar-refractivity contribution < 1.29 is 4.52 Å². The van der Waals surface area contributed by atoms with Gasteiger partial charge in [-0.15, -0.1) is 0 Å². The molecule has 1 aromatic rings. The van der Waals surface area contributed by atoms with Crippen molar-refractivity contribution in [2.45, 2.75) is 6.54 Å². The van der Waals surface area contributed by atoms with Crippen LogP contribution >= 0.6 is 0 Å². The van der Waals surface area contributed by atoms with Gasteiger partial charge in [-0.25, -0.2) is 0 Å². The van der Waals surface area contributed by atoms with Gasteiger partial charge in [0.1, 0.15) is 0 Å². The summed E-state index contributed by atoms with van der Waals surface area (Å²) in [6.45, 7) is 7.60. The topological polar surface area (TPSA) is 44.5 Å². The Labute approximate surface area is 96.4 Å². The molecule has 1 fully saturated rings. The van der Waals surface area contributed by atoms with Gasteiger partial charge < -0.3 is 9.84 Å². The number of nitrogens with one attached hydrogen (secondary N) is 1. The van der Waals surface area contributed by atoms with Crippen molar-refractivity contribution in [3.05, 3.63) is 18.0 Å². The van der Waals surface area contributed by atoms with Crippen LogP contribution in [0.5, 0.6) is 0 Å². The van der Waals surface area contributed by atoms with E-state index in [1.54, 1.807) is 6.20 Å². The van der Waals surface area contributed by atoms with Crippen molar-refractivity contribution in [1.29, 1.82) is 0 Å². The van der Waals surface area contributed by atoms with Gasteiger partial charge >= 0.3 is 0 Å². The molecule has 0 spiro atoms. The number of nitrogens with zero attached hydrogens (tertiary/aromatic N) is 3. The van der Waals surface area contributed by atoms with Crippen LogP contribution in [0.4, 0.5) is 0 Å². The number of rotatable bonds is 5. The molecule has 2 rings (SSSR count). The molecule has 0 radical (unpaired) electrons. The van der Waals surface area contributed by atoms with E-state index in [2.05, 4.69) is 27.3 Å². The zero-order valence-electron chi connectivity index (χ0n) is 9.85. The van der Waals surface area contributed by atoms with Crippen molar-refractivity contribution in [2.75, 3.05) is 46.3 Å². The van der Waals surface area contributed by atoms with Gasteiger partial charge in [-0.3, -0.25) is 9.80 Å². The van der Waals surface area contributed by atoms with Gasteiger partial charge in [-0.05, 0) is 7.05 Å². The summed E-state index contributed by atoms with van der Waals surface area (Å²) in [5.74, 6) is 0.933. The molecule has 0 saturated carbocycles. The smallest absolute Gasteiger partial charge is 0.150 e. The average molecular weight is 224 g/mol. The van der Waals surface area contributed by atoms with Crippen molar-refractivity contribution >= 4 is 0 Å². The fourth-order valence-corrected chi connectivity index (χ4v) is 1.92. The van der Waals surface area contributed by atoms with Crippen LogP contribution in [0.1, 0.15) is 5.76 Å². The lowest BCUT2D eigenvalue weighted by atomic mass is 10.3. The van der Waals surface area contributed by atoms with E-state index in [4.69, 9.17) is 4.52 Å². The SMILES string of the molecule is CN(CCN1CCNCC1)Cc1ccno1. The van der Waals surface area contributed by atoms with Gasteiger partial charge in [-0.2, -0.15) is 0 Å². The highest BCUT2D eigenvalue weighted by Crippen LogP contribution is 2.01. The van der Waals surface area contributed by atoms with E-state index in [1.807, 2.05) is 6.07 Å². The van der Waals surface area contributed by atoms with Crippen LogP contribution in [-0.2, 0) is 6.54 Å². The van der Waals surface area contributed by atoms with Gasteiger partial charge in [-0.1, -0.05) is 5.16 Å². The second-order valence-electron chi connectivity index (χ2n) is 4.31. The van der Waals surface area contributed by atoms with Gasteiger partial charge in [0.2, 0.25) is 0 Å². The molecule has 0 unspecified atom stereocenters. The number of likely N-dealkylation sites (N-methyl/N-ethyl adjacent to an activating group) is 1. The molecule has 5 heteroatoms. The standard InChI is InChI=1S/C11H20N4O/c1-14(10-11-2-3-13-16-11)8-9-15-6-4-12-5-7-15/h2-3,12H,4-10H2,1H3. The van der Waals surface area contributed by atoms with Crippen LogP contribution in [0, 0.1) is 0 Å². The maximum Gasteiger partial charge on any atom is 0.150 e. The molecule has 1 aromatic heterocycles. The Morgan fingerprint density at radius 2 is 2.31 bits per heavy atom. The quantitative estimate of drug-likeness (QED) is 0.763. The molecule has 0 bridgehead atoms. The van der Waals surface area contributed by atoms with E-state index in [0.29, 0.717) is 0 Å². The zero-order valence-corrected chi connectivity index (χ0v) is 9.85. The Bertz CT molecular complexity index is 282. The lowest BCUT2D eigenvalue weighted by Crippen LogP contribution is -2.45. The van der Waals surface area contributed by atoms with E-state index in [-0.39, 0.29) is 0 Å². The minimum Gasteiger partial charge on any atom is -0.360 e. The van der Waals surface area contributed by atoms with Crippen LogP contribution in [0.2, 0.25) is 0 Å². The molecular formula is C11H20N4O. The molecule has 0 aromatic carbocycles. The fraction of sp³-hybridized carbons (Fsp3) is 0.727. The highest BCUT2D eigenvalue weighted by molar-refractivity contribution is 4.92. The summed E-state index contributed by atoms with van der Waals surface area (Å²) >= 11 is 0. The summed E-state index contributed by atoms with van der Waals surface area (Å²) in [7, 11) is 2.12. The summed E-state index contributed by atoms with van der Waals surface area (Å²) in [5.41, 5.74) is 0. The van der Waals surface area contributed by atoms with Crippen LogP contribution in [0.15, 0.2) is 16.8 Å². The second-order valence-corrected chi connectivity index (χ2v) is 4.31. The van der Waals surface area contributed by atoms with E-state index in [0.717, 1.165) is 51.6 Å². The lowest BCUT2D eigenvalue weighted by molar-refractivity contribution is 0.193. The van der Waals surface area contributed by atoms with Crippen LogP contribution in [0.25, 0.3) is 0 Å². The molecule has 2 heterocycles. The summed E-state index contributed by atoms with van der Waals surface area (Å²) < 4.78 is 5.08. The van der Waals surface area contributed by atoms with E-state index < -0.39 is 0 Å². The Kier molecular flexibility index (Phi) is 4.33. The number of aromatic nitrogens is 1. The van der Waals surface area contributed by atoms with Gasteiger partial charge in [0.05, 0.1) is 12.7 Å². The molecular weight excluding hydrogens is 204 g/mol. The molecule has 0 aliphatic carbocycles. The molecule has 16 heavy (non-hydrogen) atoms. The van der Waals surface area contributed by atoms with Crippen LogP contribution in [0.3, 0.4) is 0 Å². The second kappa shape index (κ2) is 5.98.